The molecule has 0 saturated carbocycles. The van der Waals surface area contributed by atoms with E-state index < -0.39 is 0 Å². The molecule has 0 saturated heterocycles. The van der Waals surface area contributed by atoms with Crippen LogP contribution in [0.15, 0.2) is 36.7 Å². The fourth-order valence-corrected chi connectivity index (χ4v) is 1.15. The maximum absolute atomic E-state index is 11.7. The molecule has 0 bridgehead atoms. The Labute approximate surface area is 103 Å². The lowest BCUT2D eigenvalue weighted by Crippen LogP contribution is -2.32. The Bertz CT molecular complexity index is 345. The molecule has 0 unspecified atom stereocenters. The summed E-state index contributed by atoms with van der Waals surface area (Å²) in [6, 6.07) is 0. The van der Waals surface area contributed by atoms with E-state index in [0.29, 0.717) is 0 Å². The zero-order chi connectivity index (χ0) is 13.1. The maximum atomic E-state index is 11.7. The summed E-state index contributed by atoms with van der Waals surface area (Å²) >= 11 is 0. The van der Waals surface area contributed by atoms with Crippen molar-refractivity contribution in [2.75, 3.05) is 6.54 Å². The monoisotopic (exact) mass is 235 g/mol. The molecule has 0 aromatic rings. The van der Waals surface area contributed by atoms with Gasteiger partial charge in [0.25, 0.3) is 0 Å². The third kappa shape index (κ3) is 4.47. The van der Waals surface area contributed by atoms with Gasteiger partial charge in [-0.05, 0) is 30.1 Å². The van der Waals surface area contributed by atoms with E-state index >= 15 is 0 Å². The Balaban J connectivity index is 2.43. The lowest BCUT2D eigenvalue weighted by molar-refractivity contribution is -0.153. The maximum Gasteiger partial charge on any atom is 0.326 e. The summed E-state index contributed by atoms with van der Waals surface area (Å²) in [4.78, 5) is 13.5. The van der Waals surface area contributed by atoms with Crippen molar-refractivity contribution in [2.24, 2.45) is 5.41 Å². The molecule has 0 spiro atoms. The molecular weight excluding hydrogens is 214 g/mol. The Morgan fingerprint density at radius 3 is 2.41 bits per heavy atom. The molecule has 0 aromatic heterocycles. The highest BCUT2D eigenvalue weighted by Gasteiger charge is 2.24. The molecule has 3 heteroatoms. The lowest BCUT2D eigenvalue weighted by atomic mass is 9.90. The smallest absolute Gasteiger partial charge is 0.326 e. The topological polar surface area (TPSA) is 29.5 Å². The predicted molar refractivity (Wildman–Crippen MR) is 69.1 cm³/mol. The Morgan fingerprint density at radius 2 is 1.94 bits per heavy atom. The molecule has 0 N–H and O–H groups in total. The number of ether oxygens (including phenoxy) is 1. The van der Waals surface area contributed by atoms with Crippen LogP contribution in [-0.4, -0.2) is 23.5 Å². The van der Waals surface area contributed by atoms with Gasteiger partial charge in [0.2, 0.25) is 0 Å². The van der Waals surface area contributed by atoms with Crippen molar-refractivity contribution in [1.29, 1.82) is 0 Å². The van der Waals surface area contributed by atoms with E-state index in [2.05, 4.69) is 27.4 Å². The molecule has 1 aliphatic heterocycles. The number of carbonyl (C=O) groups is 1. The van der Waals surface area contributed by atoms with Gasteiger partial charge in [0, 0.05) is 12.4 Å². The molecule has 0 fully saturated rings. The van der Waals surface area contributed by atoms with Gasteiger partial charge in [-0.1, -0.05) is 27.4 Å². The van der Waals surface area contributed by atoms with E-state index in [1.165, 1.54) is 0 Å². The molecule has 94 valence electrons. The average molecular weight is 235 g/mol. The van der Waals surface area contributed by atoms with Crippen LogP contribution >= 0.6 is 0 Å². The highest BCUT2D eigenvalue weighted by Crippen LogP contribution is 2.21. The third-order valence-corrected chi connectivity index (χ3v) is 2.80. The van der Waals surface area contributed by atoms with Crippen molar-refractivity contribution in [3.05, 3.63) is 36.7 Å². The molecule has 1 aliphatic rings. The van der Waals surface area contributed by atoms with Gasteiger partial charge in [0.15, 0.2) is 0 Å². The summed E-state index contributed by atoms with van der Waals surface area (Å²) in [6.07, 6.45) is 7.28. The van der Waals surface area contributed by atoms with Crippen LogP contribution in [0.25, 0.3) is 0 Å². The molecular formula is C14H21NO2. The fraction of sp³-hybridized carbons (Fsp3) is 0.500. The minimum absolute atomic E-state index is 0.0302. The van der Waals surface area contributed by atoms with Gasteiger partial charge in [-0.3, -0.25) is 4.79 Å². The molecule has 17 heavy (non-hydrogen) atoms. The van der Waals surface area contributed by atoms with Crippen LogP contribution in [-0.2, 0) is 9.53 Å². The number of allylic oxidation sites excluding steroid dienone is 3. The minimum Gasteiger partial charge on any atom is -0.461 e. The van der Waals surface area contributed by atoms with E-state index in [-0.39, 0.29) is 24.0 Å². The summed E-state index contributed by atoms with van der Waals surface area (Å²) in [7, 11) is 0. The van der Waals surface area contributed by atoms with Crippen molar-refractivity contribution in [1.82, 2.24) is 4.90 Å². The summed E-state index contributed by atoms with van der Waals surface area (Å²) in [5.41, 5.74) is 0.898. The van der Waals surface area contributed by atoms with Gasteiger partial charge in [-0.25, -0.2) is 0 Å². The second-order valence-electron chi connectivity index (χ2n) is 5.38. The van der Waals surface area contributed by atoms with Crippen molar-refractivity contribution >= 4 is 5.97 Å². The first-order valence-electron chi connectivity index (χ1n) is 5.79. The lowest BCUT2D eigenvalue weighted by Gasteiger charge is -2.28. The molecule has 0 amide bonds. The van der Waals surface area contributed by atoms with Crippen molar-refractivity contribution in [3.63, 3.8) is 0 Å². The largest absolute Gasteiger partial charge is 0.461 e. The van der Waals surface area contributed by atoms with E-state index in [4.69, 9.17) is 4.74 Å². The number of carbonyl (C=O) groups excluding carboxylic acids is 1. The van der Waals surface area contributed by atoms with Crippen LogP contribution in [0.4, 0.5) is 0 Å². The molecule has 0 aliphatic carbocycles. The predicted octanol–water partition coefficient (Wildman–Crippen LogP) is 2.86. The normalized spacial score (nSPS) is 17.2. The first-order valence-corrected chi connectivity index (χ1v) is 5.79. The van der Waals surface area contributed by atoms with Crippen LogP contribution in [0.3, 0.4) is 0 Å². The van der Waals surface area contributed by atoms with Gasteiger partial charge in [-0.15, -0.1) is 0 Å². The number of hydrogen-bond acceptors (Lipinski definition) is 3. The van der Waals surface area contributed by atoms with Crippen molar-refractivity contribution < 1.29 is 9.53 Å². The molecule has 1 atom stereocenters. The Morgan fingerprint density at radius 1 is 1.41 bits per heavy atom. The summed E-state index contributed by atoms with van der Waals surface area (Å²) in [6.45, 7) is 12.1. The van der Waals surface area contributed by atoms with Gasteiger partial charge >= 0.3 is 5.97 Å². The van der Waals surface area contributed by atoms with Crippen LogP contribution in [0.2, 0.25) is 0 Å². The van der Waals surface area contributed by atoms with E-state index in [1.807, 2.05) is 31.5 Å². The standard InChI is InChI=1S/C14H21NO2/c1-11-6-8-15(9-7-11)10-13(16)17-12(2)14(3,4)5/h6-9,12H,1,10H2,2-5H3/t12-/m1/s1. The molecule has 3 nitrogen and oxygen atoms in total. The molecule has 1 heterocycles. The Kier molecular flexibility index (Phi) is 4.16. The van der Waals surface area contributed by atoms with Gasteiger partial charge < -0.3 is 9.64 Å². The highest BCUT2D eigenvalue weighted by molar-refractivity contribution is 5.72. The van der Waals surface area contributed by atoms with E-state index in [1.54, 1.807) is 4.90 Å². The van der Waals surface area contributed by atoms with Gasteiger partial charge in [0.1, 0.15) is 12.6 Å². The van der Waals surface area contributed by atoms with Gasteiger partial charge in [0.05, 0.1) is 0 Å². The quantitative estimate of drug-likeness (QED) is 0.704. The minimum atomic E-state index is -0.214. The average Bonchev–Trinajstić information content (AvgIpc) is 2.20. The highest BCUT2D eigenvalue weighted by atomic mass is 16.5. The van der Waals surface area contributed by atoms with Crippen molar-refractivity contribution in [3.8, 4) is 0 Å². The zero-order valence-corrected chi connectivity index (χ0v) is 11.1. The first-order chi connectivity index (χ1) is 7.79. The number of nitrogens with zero attached hydrogens (tertiary/aromatic N) is 1. The number of rotatable bonds is 3. The molecule has 0 aromatic carbocycles. The first kappa shape index (κ1) is 13.6. The zero-order valence-electron chi connectivity index (χ0n) is 11.1. The second-order valence-corrected chi connectivity index (χ2v) is 5.38. The number of esters is 1. The Hall–Kier alpha value is -1.51. The molecule has 1 rings (SSSR count). The van der Waals surface area contributed by atoms with Crippen molar-refractivity contribution in [2.45, 2.75) is 33.8 Å². The van der Waals surface area contributed by atoms with Crippen LogP contribution < -0.4 is 0 Å². The van der Waals surface area contributed by atoms with Crippen LogP contribution in [0, 0.1) is 5.41 Å². The summed E-state index contributed by atoms with van der Waals surface area (Å²) < 4.78 is 5.37. The van der Waals surface area contributed by atoms with E-state index in [9.17, 15) is 4.79 Å². The van der Waals surface area contributed by atoms with Crippen LogP contribution in [0.5, 0.6) is 0 Å². The fourth-order valence-electron chi connectivity index (χ4n) is 1.15. The van der Waals surface area contributed by atoms with E-state index in [0.717, 1.165) is 5.57 Å². The second kappa shape index (κ2) is 5.21. The van der Waals surface area contributed by atoms with Crippen LogP contribution in [0.1, 0.15) is 27.7 Å². The third-order valence-electron chi connectivity index (χ3n) is 2.80. The number of hydrogen-bond donors (Lipinski definition) is 0. The van der Waals surface area contributed by atoms with Gasteiger partial charge in [-0.2, -0.15) is 0 Å². The molecule has 0 radical (unpaired) electrons. The SMILES string of the molecule is C=C1C=CN(CC(=O)O[C@H](C)C(C)(C)C)C=C1. The summed E-state index contributed by atoms with van der Waals surface area (Å²) in [5.74, 6) is -0.214. The summed E-state index contributed by atoms with van der Waals surface area (Å²) in [5, 5.41) is 0.